The molecule has 0 radical (unpaired) electrons. The predicted molar refractivity (Wildman–Crippen MR) is 55.8 cm³/mol. The van der Waals surface area contributed by atoms with Crippen molar-refractivity contribution in [2.75, 3.05) is 0 Å². The predicted octanol–water partition coefficient (Wildman–Crippen LogP) is 2.43. The van der Waals surface area contributed by atoms with Crippen LogP contribution in [0.15, 0.2) is 12.3 Å². The lowest BCUT2D eigenvalue weighted by Gasteiger charge is -2.18. The summed E-state index contributed by atoms with van der Waals surface area (Å²) in [4.78, 5) is 0. The van der Waals surface area contributed by atoms with Gasteiger partial charge in [0.2, 0.25) is 0 Å². The normalized spacial score (nSPS) is 11.8. The number of aromatic nitrogens is 1. The van der Waals surface area contributed by atoms with Gasteiger partial charge < -0.3 is 0 Å². The van der Waals surface area contributed by atoms with Gasteiger partial charge in [-0.25, -0.2) is 4.57 Å². The summed E-state index contributed by atoms with van der Waals surface area (Å²) < 4.78 is 2.22. The Kier molecular flexibility index (Phi) is 2.47. The molecule has 0 aliphatic heterocycles. The molecule has 1 aromatic heterocycles. The van der Waals surface area contributed by atoms with Crippen LogP contribution in [0.4, 0.5) is 0 Å². The van der Waals surface area contributed by atoms with Crippen molar-refractivity contribution >= 4 is 0 Å². The average molecular weight is 178 g/mol. The second-order valence-corrected chi connectivity index (χ2v) is 4.83. The maximum Gasteiger partial charge on any atom is 0.189 e. The zero-order chi connectivity index (χ0) is 10.2. The number of nitrogens with zero attached hydrogens (tertiary/aromatic N) is 1. The number of pyridine rings is 1. The van der Waals surface area contributed by atoms with Crippen LogP contribution >= 0.6 is 0 Å². The Bertz CT molecular complexity index is 319. The highest BCUT2D eigenvalue weighted by Gasteiger charge is 2.26. The molecule has 0 atom stereocenters. The van der Waals surface area contributed by atoms with Crippen molar-refractivity contribution in [3.63, 3.8) is 0 Å². The fourth-order valence-corrected chi connectivity index (χ4v) is 1.97. The van der Waals surface area contributed by atoms with Gasteiger partial charge >= 0.3 is 0 Å². The standard InChI is InChI=1S/C12H20N/c1-9-7-8-13(6)11(10(9)2)12(3,4)5/h7-8H,1-6H3/q+1. The van der Waals surface area contributed by atoms with E-state index in [0.717, 1.165) is 0 Å². The topological polar surface area (TPSA) is 3.88 Å². The first-order chi connectivity index (χ1) is 5.84. The third-order valence-corrected chi connectivity index (χ3v) is 2.56. The van der Waals surface area contributed by atoms with Gasteiger partial charge in [0.25, 0.3) is 0 Å². The Hall–Kier alpha value is -0.850. The molecular formula is C12H20N+. The summed E-state index contributed by atoms with van der Waals surface area (Å²) >= 11 is 0. The number of hydrogen-bond acceptors (Lipinski definition) is 0. The zero-order valence-corrected chi connectivity index (χ0v) is 9.60. The van der Waals surface area contributed by atoms with Crippen molar-refractivity contribution in [1.29, 1.82) is 0 Å². The Labute approximate surface area is 81.4 Å². The maximum absolute atomic E-state index is 2.26. The van der Waals surface area contributed by atoms with Crippen molar-refractivity contribution in [1.82, 2.24) is 0 Å². The molecule has 0 saturated carbocycles. The second-order valence-electron chi connectivity index (χ2n) is 4.83. The minimum atomic E-state index is 0.227. The van der Waals surface area contributed by atoms with Crippen molar-refractivity contribution in [3.05, 3.63) is 29.1 Å². The van der Waals surface area contributed by atoms with E-state index in [2.05, 4.69) is 58.5 Å². The third-order valence-electron chi connectivity index (χ3n) is 2.56. The van der Waals surface area contributed by atoms with Crippen molar-refractivity contribution in [2.45, 2.75) is 40.0 Å². The van der Waals surface area contributed by atoms with E-state index in [-0.39, 0.29) is 5.41 Å². The fourth-order valence-electron chi connectivity index (χ4n) is 1.97. The lowest BCUT2D eigenvalue weighted by molar-refractivity contribution is -0.682. The van der Waals surface area contributed by atoms with Gasteiger partial charge in [-0.15, -0.1) is 0 Å². The number of rotatable bonds is 0. The van der Waals surface area contributed by atoms with Gasteiger partial charge in [0.05, 0.1) is 0 Å². The van der Waals surface area contributed by atoms with E-state index >= 15 is 0 Å². The van der Waals surface area contributed by atoms with E-state index in [9.17, 15) is 0 Å². The molecule has 13 heavy (non-hydrogen) atoms. The quantitative estimate of drug-likeness (QED) is 0.537. The lowest BCUT2D eigenvalue weighted by Crippen LogP contribution is -2.40. The molecule has 1 heteroatoms. The highest BCUT2D eigenvalue weighted by Crippen LogP contribution is 2.23. The summed E-state index contributed by atoms with van der Waals surface area (Å²) in [5, 5.41) is 0. The van der Waals surface area contributed by atoms with Gasteiger partial charge in [0, 0.05) is 17.0 Å². The minimum Gasteiger partial charge on any atom is -0.204 e. The molecule has 0 unspecified atom stereocenters. The van der Waals surface area contributed by atoms with E-state index in [1.54, 1.807) is 0 Å². The van der Waals surface area contributed by atoms with Gasteiger partial charge in [-0.1, -0.05) is 20.8 Å². The van der Waals surface area contributed by atoms with Crippen molar-refractivity contribution in [3.8, 4) is 0 Å². The first kappa shape index (κ1) is 10.2. The van der Waals surface area contributed by atoms with Gasteiger partial charge in [0.15, 0.2) is 11.9 Å². The lowest BCUT2D eigenvalue weighted by atomic mass is 9.87. The molecule has 0 aromatic carbocycles. The number of hydrogen-bond donors (Lipinski definition) is 0. The molecule has 0 aliphatic rings. The van der Waals surface area contributed by atoms with Crippen LogP contribution in [-0.4, -0.2) is 0 Å². The Balaban J connectivity index is 3.43. The summed E-state index contributed by atoms with van der Waals surface area (Å²) in [7, 11) is 2.12. The van der Waals surface area contributed by atoms with E-state index in [1.165, 1.54) is 16.8 Å². The van der Waals surface area contributed by atoms with E-state index in [1.807, 2.05) is 0 Å². The summed E-state index contributed by atoms with van der Waals surface area (Å²) in [6, 6.07) is 2.17. The van der Waals surface area contributed by atoms with Gasteiger partial charge in [0.1, 0.15) is 7.05 Å². The van der Waals surface area contributed by atoms with E-state index in [0.29, 0.717) is 0 Å². The maximum atomic E-state index is 2.26. The molecule has 0 amide bonds. The van der Waals surface area contributed by atoms with E-state index < -0.39 is 0 Å². The monoisotopic (exact) mass is 178 g/mol. The molecule has 0 bridgehead atoms. The molecule has 1 aromatic rings. The molecule has 72 valence electrons. The van der Waals surface area contributed by atoms with Gasteiger partial charge in [-0.3, -0.25) is 0 Å². The van der Waals surface area contributed by atoms with Crippen LogP contribution in [0, 0.1) is 13.8 Å². The summed E-state index contributed by atoms with van der Waals surface area (Å²) in [6.45, 7) is 11.2. The molecule has 1 nitrogen and oxygen atoms in total. The van der Waals surface area contributed by atoms with Gasteiger partial charge in [-0.2, -0.15) is 0 Å². The third kappa shape index (κ3) is 1.90. The molecule has 0 saturated heterocycles. The molecule has 1 rings (SSSR count). The minimum absolute atomic E-state index is 0.227. The molecule has 0 spiro atoms. The summed E-state index contributed by atoms with van der Waals surface area (Å²) in [5.74, 6) is 0. The highest BCUT2D eigenvalue weighted by atomic mass is 14.9. The average Bonchev–Trinajstić information content (AvgIpc) is 1.95. The summed E-state index contributed by atoms with van der Waals surface area (Å²) in [6.07, 6.45) is 2.14. The SMILES string of the molecule is Cc1cc[n+](C)c(C(C)(C)C)c1C. The van der Waals surface area contributed by atoms with E-state index in [4.69, 9.17) is 0 Å². The zero-order valence-electron chi connectivity index (χ0n) is 9.60. The van der Waals surface area contributed by atoms with Crippen LogP contribution in [0.1, 0.15) is 37.6 Å². The molecule has 0 fully saturated rings. The first-order valence-corrected chi connectivity index (χ1v) is 4.80. The molecule has 0 N–H and O–H groups in total. The smallest absolute Gasteiger partial charge is 0.189 e. The van der Waals surface area contributed by atoms with Crippen LogP contribution in [0.5, 0.6) is 0 Å². The Morgan fingerprint density at radius 2 is 1.69 bits per heavy atom. The van der Waals surface area contributed by atoms with Crippen LogP contribution in [0.2, 0.25) is 0 Å². The molecular weight excluding hydrogens is 158 g/mol. The summed E-state index contributed by atoms with van der Waals surface area (Å²) in [5.41, 5.74) is 4.44. The Morgan fingerprint density at radius 3 is 2.08 bits per heavy atom. The fraction of sp³-hybridized carbons (Fsp3) is 0.583. The largest absolute Gasteiger partial charge is 0.204 e. The van der Waals surface area contributed by atoms with Crippen molar-refractivity contribution < 1.29 is 4.57 Å². The van der Waals surface area contributed by atoms with Crippen molar-refractivity contribution in [2.24, 2.45) is 7.05 Å². The number of aryl methyl sites for hydroxylation is 2. The van der Waals surface area contributed by atoms with Gasteiger partial charge in [-0.05, 0) is 19.4 Å². The highest BCUT2D eigenvalue weighted by molar-refractivity contribution is 5.28. The van der Waals surface area contributed by atoms with Crippen LogP contribution in [-0.2, 0) is 12.5 Å². The Morgan fingerprint density at radius 1 is 1.15 bits per heavy atom. The van der Waals surface area contributed by atoms with Crippen LogP contribution in [0.25, 0.3) is 0 Å². The molecule has 0 aliphatic carbocycles. The van der Waals surface area contributed by atoms with Crippen LogP contribution < -0.4 is 4.57 Å². The van der Waals surface area contributed by atoms with Crippen LogP contribution in [0.3, 0.4) is 0 Å². The molecule has 1 heterocycles. The second kappa shape index (κ2) is 3.13. The first-order valence-electron chi connectivity index (χ1n) is 4.80.